The number of likely N-dealkylation sites (N-methyl/N-ethyl adjacent to an activating group) is 1. The third kappa shape index (κ3) is 3.49. The topological polar surface area (TPSA) is 46.3 Å². The molecule has 1 heterocycles. The highest BCUT2D eigenvalue weighted by Gasteiger charge is 2.14. The largest absolute Gasteiger partial charge is 0.398 e. The van der Waals surface area contributed by atoms with Crippen molar-refractivity contribution >= 4 is 34.5 Å². The maximum atomic E-state index is 12.2. The van der Waals surface area contributed by atoms with Crippen LogP contribution in [0.2, 0.25) is 5.02 Å². The van der Waals surface area contributed by atoms with Crippen molar-refractivity contribution in [2.75, 3.05) is 19.3 Å². The second kappa shape index (κ2) is 6.08. The standard InChI is InChI=1S/C14H15ClN2OS/c1-17(7-6-11-3-2-8-19-11)14(18)12-5-4-10(15)9-13(12)16/h2-5,8-9H,6-7,16H2,1H3. The van der Waals surface area contributed by atoms with Crippen molar-refractivity contribution in [2.45, 2.75) is 6.42 Å². The molecule has 5 heteroatoms. The Balaban J connectivity index is 2.02. The lowest BCUT2D eigenvalue weighted by Crippen LogP contribution is -2.29. The first-order chi connectivity index (χ1) is 9.08. The molecule has 1 aromatic carbocycles. The van der Waals surface area contributed by atoms with E-state index in [-0.39, 0.29) is 5.91 Å². The second-order valence-electron chi connectivity index (χ2n) is 4.29. The average Bonchev–Trinajstić information content (AvgIpc) is 2.88. The lowest BCUT2D eigenvalue weighted by atomic mass is 10.1. The fourth-order valence-electron chi connectivity index (χ4n) is 1.77. The molecule has 0 aliphatic rings. The van der Waals surface area contributed by atoms with E-state index in [4.69, 9.17) is 17.3 Å². The molecule has 3 nitrogen and oxygen atoms in total. The Morgan fingerprint density at radius 1 is 1.42 bits per heavy atom. The van der Waals surface area contributed by atoms with Gasteiger partial charge in [0.05, 0.1) is 5.56 Å². The summed E-state index contributed by atoms with van der Waals surface area (Å²) in [7, 11) is 1.78. The molecule has 0 unspecified atom stereocenters. The van der Waals surface area contributed by atoms with Crippen LogP contribution in [-0.2, 0) is 6.42 Å². The van der Waals surface area contributed by atoms with Gasteiger partial charge in [-0.05, 0) is 36.1 Å². The number of anilines is 1. The minimum atomic E-state index is -0.0780. The number of nitrogens with two attached hydrogens (primary N) is 1. The highest BCUT2D eigenvalue weighted by Crippen LogP contribution is 2.19. The van der Waals surface area contributed by atoms with Crippen molar-refractivity contribution in [3.05, 3.63) is 51.2 Å². The first-order valence-electron chi connectivity index (χ1n) is 5.91. The van der Waals surface area contributed by atoms with Crippen LogP contribution in [0.5, 0.6) is 0 Å². The van der Waals surface area contributed by atoms with Crippen molar-refractivity contribution < 1.29 is 4.79 Å². The fraction of sp³-hybridized carbons (Fsp3) is 0.214. The van der Waals surface area contributed by atoms with Gasteiger partial charge in [0.15, 0.2) is 0 Å². The zero-order valence-corrected chi connectivity index (χ0v) is 12.2. The van der Waals surface area contributed by atoms with Gasteiger partial charge in [0.1, 0.15) is 0 Å². The smallest absolute Gasteiger partial charge is 0.255 e. The Bertz CT molecular complexity index is 569. The third-order valence-corrected chi connectivity index (χ3v) is 4.04. The summed E-state index contributed by atoms with van der Waals surface area (Å²) in [5.41, 5.74) is 6.74. The molecule has 0 fully saturated rings. The number of halogens is 1. The third-order valence-electron chi connectivity index (χ3n) is 2.86. The van der Waals surface area contributed by atoms with E-state index in [9.17, 15) is 4.79 Å². The molecular weight excluding hydrogens is 280 g/mol. The first kappa shape index (κ1) is 13.9. The van der Waals surface area contributed by atoms with Gasteiger partial charge in [-0.25, -0.2) is 0 Å². The molecule has 0 saturated carbocycles. The summed E-state index contributed by atoms with van der Waals surface area (Å²) in [6.45, 7) is 0.668. The number of hydrogen-bond donors (Lipinski definition) is 1. The molecule has 2 rings (SSSR count). The molecule has 2 N–H and O–H groups in total. The number of nitrogens with zero attached hydrogens (tertiary/aromatic N) is 1. The Hall–Kier alpha value is -1.52. The van der Waals surface area contributed by atoms with Gasteiger partial charge in [-0.2, -0.15) is 0 Å². The molecule has 1 aromatic heterocycles. The van der Waals surface area contributed by atoms with Crippen molar-refractivity contribution in [3.63, 3.8) is 0 Å². The Morgan fingerprint density at radius 3 is 2.84 bits per heavy atom. The molecule has 0 atom stereocenters. The molecule has 0 spiro atoms. The first-order valence-corrected chi connectivity index (χ1v) is 7.16. The van der Waals surface area contributed by atoms with Crippen molar-refractivity contribution in [2.24, 2.45) is 0 Å². The summed E-state index contributed by atoms with van der Waals surface area (Å²) in [6.07, 6.45) is 0.855. The van der Waals surface area contributed by atoms with E-state index in [1.807, 2.05) is 11.4 Å². The van der Waals surface area contributed by atoms with Crippen LogP contribution in [0.25, 0.3) is 0 Å². The number of rotatable bonds is 4. The number of benzene rings is 1. The van der Waals surface area contributed by atoms with Crippen LogP contribution in [0, 0.1) is 0 Å². The molecular formula is C14H15ClN2OS. The van der Waals surface area contributed by atoms with E-state index >= 15 is 0 Å². The molecule has 0 saturated heterocycles. The van der Waals surface area contributed by atoms with Crippen LogP contribution in [0.3, 0.4) is 0 Å². The van der Waals surface area contributed by atoms with Gasteiger partial charge in [-0.1, -0.05) is 17.7 Å². The van der Waals surface area contributed by atoms with Gasteiger partial charge in [0.25, 0.3) is 5.91 Å². The van der Waals surface area contributed by atoms with Gasteiger partial charge >= 0.3 is 0 Å². The predicted octanol–water partition coefficient (Wildman–Crippen LogP) is 3.30. The van der Waals surface area contributed by atoms with Crippen LogP contribution in [0.4, 0.5) is 5.69 Å². The van der Waals surface area contributed by atoms with E-state index < -0.39 is 0 Å². The number of nitrogen functional groups attached to an aromatic ring is 1. The van der Waals surface area contributed by atoms with E-state index in [0.717, 1.165) is 6.42 Å². The number of hydrogen-bond acceptors (Lipinski definition) is 3. The van der Waals surface area contributed by atoms with E-state index in [1.165, 1.54) is 4.88 Å². The molecule has 0 aliphatic heterocycles. The van der Waals surface area contributed by atoms with Gasteiger partial charge < -0.3 is 10.6 Å². The van der Waals surface area contributed by atoms with Gasteiger partial charge in [-0.15, -0.1) is 11.3 Å². The van der Waals surface area contributed by atoms with E-state index in [2.05, 4.69) is 6.07 Å². The highest BCUT2D eigenvalue weighted by molar-refractivity contribution is 7.09. The molecule has 100 valence electrons. The summed E-state index contributed by atoms with van der Waals surface area (Å²) in [5.74, 6) is -0.0780. The lowest BCUT2D eigenvalue weighted by molar-refractivity contribution is 0.0798. The Kier molecular flexibility index (Phi) is 4.45. The molecule has 2 aromatic rings. The SMILES string of the molecule is CN(CCc1cccs1)C(=O)c1ccc(Cl)cc1N. The van der Waals surface area contributed by atoms with E-state index in [0.29, 0.717) is 22.8 Å². The van der Waals surface area contributed by atoms with Crippen LogP contribution < -0.4 is 5.73 Å². The summed E-state index contributed by atoms with van der Waals surface area (Å²) >= 11 is 7.52. The quantitative estimate of drug-likeness (QED) is 0.880. The molecule has 19 heavy (non-hydrogen) atoms. The summed E-state index contributed by atoms with van der Waals surface area (Å²) in [5, 5.41) is 2.57. The summed E-state index contributed by atoms with van der Waals surface area (Å²) in [4.78, 5) is 15.2. The zero-order valence-electron chi connectivity index (χ0n) is 10.6. The molecule has 0 radical (unpaired) electrons. The number of carbonyl (C=O) groups excluding carboxylic acids is 1. The molecule has 0 bridgehead atoms. The molecule has 0 aliphatic carbocycles. The molecule has 1 amide bonds. The summed E-state index contributed by atoms with van der Waals surface area (Å²) < 4.78 is 0. The highest BCUT2D eigenvalue weighted by atomic mass is 35.5. The van der Waals surface area contributed by atoms with Crippen LogP contribution in [0.15, 0.2) is 35.7 Å². The van der Waals surface area contributed by atoms with Gasteiger partial charge in [-0.3, -0.25) is 4.79 Å². The minimum Gasteiger partial charge on any atom is -0.398 e. The van der Waals surface area contributed by atoms with Gasteiger partial charge in [0, 0.05) is 29.2 Å². The lowest BCUT2D eigenvalue weighted by Gasteiger charge is -2.17. The van der Waals surface area contributed by atoms with Crippen LogP contribution in [0.1, 0.15) is 15.2 Å². The van der Waals surface area contributed by atoms with Gasteiger partial charge in [0.2, 0.25) is 0 Å². The van der Waals surface area contributed by atoms with E-state index in [1.54, 1.807) is 41.5 Å². The average molecular weight is 295 g/mol. The summed E-state index contributed by atoms with van der Waals surface area (Å²) in [6, 6.07) is 9.03. The van der Waals surface area contributed by atoms with Crippen molar-refractivity contribution in [1.29, 1.82) is 0 Å². The minimum absolute atomic E-state index is 0.0780. The number of amides is 1. The van der Waals surface area contributed by atoms with Crippen LogP contribution >= 0.6 is 22.9 Å². The monoisotopic (exact) mass is 294 g/mol. The predicted molar refractivity (Wildman–Crippen MR) is 80.8 cm³/mol. The number of carbonyl (C=O) groups is 1. The van der Waals surface area contributed by atoms with Crippen molar-refractivity contribution in [1.82, 2.24) is 4.90 Å². The van der Waals surface area contributed by atoms with Crippen molar-refractivity contribution in [3.8, 4) is 0 Å². The Morgan fingerprint density at radius 2 is 2.21 bits per heavy atom. The maximum Gasteiger partial charge on any atom is 0.255 e. The number of thiophene rings is 1. The van der Waals surface area contributed by atoms with Crippen LogP contribution in [-0.4, -0.2) is 24.4 Å². The second-order valence-corrected chi connectivity index (χ2v) is 5.76. The normalized spacial score (nSPS) is 10.4. The maximum absolute atomic E-state index is 12.2. The zero-order chi connectivity index (χ0) is 13.8. The Labute approximate surface area is 121 Å². The fourth-order valence-corrected chi connectivity index (χ4v) is 2.65.